The van der Waals surface area contributed by atoms with E-state index >= 15 is 0 Å². The van der Waals surface area contributed by atoms with Crippen LogP contribution in [0, 0.1) is 11.3 Å². The third kappa shape index (κ3) is 2.71. The van der Waals surface area contributed by atoms with E-state index in [1.54, 1.807) is 7.11 Å². The predicted octanol–water partition coefficient (Wildman–Crippen LogP) is 2.35. The van der Waals surface area contributed by atoms with Crippen LogP contribution in [0.25, 0.3) is 0 Å². The first-order valence-corrected chi connectivity index (χ1v) is 4.48. The lowest BCUT2D eigenvalue weighted by atomic mass is 10.3. The van der Waals surface area contributed by atoms with Gasteiger partial charge in [-0.2, -0.15) is 5.26 Å². The van der Waals surface area contributed by atoms with Gasteiger partial charge in [0.05, 0.1) is 30.3 Å². The highest BCUT2D eigenvalue weighted by molar-refractivity contribution is 7.80. The summed E-state index contributed by atoms with van der Waals surface area (Å²) in [7, 11) is 1.59. The van der Waals surface area contributed by atoms with E-state index in [2.05, 4.69) is 5.32 Å². The number of benzene rings is 1. The summed E-state index contributed by atoms with van der Waals surface area (Å²) in [4.78, 5) is 0.497. The van der Waals surface area contributed by atoms with Gasteiger partial charge >= 0.3 is 0 Å². The number of para-hydroxylation sites is 2. The highest BCUT2D eigenvalue weighted by Crippen LogP contribution is 2.23. The molecule has 1 aromatic carbocycles. The van der Waals surface area contributed by atoms with Gasteiger partial charge in [0.25, 0.3) is 0 Å². The lowest BCUT2D eigenvalue weighted by Gasteiger charge is -2.09. The quantitative estimate of drug-likeness (QED) is 0.771. The van der Waals surface area contributed by atoms with Gasteiger partial charge in [0, 0.05) is 0 Å². The van der Waals surface area contributed by atoms with E-state index in [0.717, 1.165) is 5.69 Å². The van der Waals surface area contributed by atoms with E-state index in [1.807, 2.05) is 30.3 Å². The van der Waals surface area contributed by atoms with Crippen molar-refractivity contribution in [3.8, 4) is 11.8 Å². The Balaban J connectivity index is 2.76. The molecule has 0 unspecified atom stereocenters. The van der Waals surface area contributed by atoms with Crippen LogP contribution in [-0.2, 0) is 0 Å². The number of rotatable bonds is 3. The molecule has 0 radical (unpaired) electrons. The number of ether oxygens (including phenoxy) is 1. The number of nitrogens with one attached hydrogen (secondary N) is 1. The summed E-state index contributed by atoms with van der Waals surface area (Å²) in [6.07, 6.45) is 0.216. The van der Waals surface area contributed by atoms with Gasteiger partial charge in [-0.3, -0.25) is 0 Å². The van der Waals surface area contributed by atoms with Gasteiger partial charge < -0.3 is 10.1 Å². The standard InChI is InChI=1S/C10H10N2OS/c1-13-9-5-3-2-4-8(9)12-10(14)6-7-11/h2-5H,6H2,1H3,(H,12,14). The first kappa shape index (κ1) is 10.5. The summed E-state index contributed by atoms with van der Waals surface area (Å²) in [5.74, 6) is 0.716. The van der Waals surface area contributed by atoms with Gasteiger partial charge in [0.15, 0.2) is 0 Å². The van der Waals surface area contributed by atoms with Gasteiger partial charge in [0.1, 0.15) is 5.75 Å². The molecule has 0 saturated carbocycles. The zero-order chi connectivity index (χ0) is 10.4. The zero-order valence-electron chi connectivity index (χ0n) is 7.78. The SMILES string of the molecule is COc1ccccc1NC(=S)CC#N. The van der Waals surface area contributed by atoms with E-state index in [-0.39, 0.29) is 6.42 Å². The summed E-state index contributed by atoms with van der Waals surface area (Å²) in [5.41, 5.74) is 0.787. The Morgan fingerprint density at radius 3 is 2.93 bits per heavy atom. The number of hydrogen-bond donors (Lipinski definition) is 1. The van der Waals surface area contributed by atoms with E-state index in [4.69, 9.17) is 22.2 Å². The van der Waals surface area contributed by atoms with Crippen molar-refractivity contribution in [1.82, 2.24) is 0 Å². The molecule has 0 aliphatic carbocycles. The summed E-state index contributed by atoms with van der Waals surface area (Å²) in [6, 6.07) is 9.41. The van der Waals surface area contributed by atoms with Crippen molar-refractivity contribution in [2.75, 3.05) is 12.4 Å². The van der Waals surface area contributed by atoms with Crippen molar-refractivity contribution in [2.45, 2.75) is 6.42 Å². The van der Waals surface area contributed by atoms with Crippen LogP contribution in [0.3, 0.4) is 0 Å². The molecule has 0 aliphatic rings. The zero-order valence-corrected chi connectivity index (χ0v) is 8.60. The monoisotopic (exact) mass is 206 g/mol. The Morgan fingerprint density at radius 2 is 2.29 bits per heavy atom. The normalized spacial score (nSPS) is 8.86. The van der Waals surface area contributed by atoms with Crippen LogP contribution >= 0.6 is 12.2 Å². The molecule has 0 heterocycles. The molecule has 1 rings (SSSR count). The Morgan fingerprint density at radius 1 is 1.57 bits per heavy atom. The van der Waals surface area contributed by atoms with Crippen LogP contribution in [0.2, 0.25) is 0 Å². The van der Waals surface area contributed by atoms with Gasteiger partial charge in [-0.05, 0) is 12.1 Å². The maximum atomic E-state index is 8.43. The van der Waals surface area contributed by atoms with E-state index in [1.165, 1.54) is 0 Å². The number of methoxy groups -OCH3 is 1. The highest BCUT2D eigenvalue weighted by Gasteiger charge is 2.02. The molecular formula is C10H10N2OS. The summed E-state index contributed by atoms with van der Waals surface area (Å²) in [6.45, 7) is 0. The van der Waals surface area contributed by atoms with Crippen molar-refractivity contribution >= 4 is 22.9 Å². The number of nitrogens with zero attached hydrogens (tertiary/aromatic N) is 1. The Labute approximate surface area is 88.3 Å². The molecule has 4 heteroatoms. The minimum atomic E-state index is 0.216. The van der Waals surface area contributed by atoms with Crippen molar-refractivity contribution in [2.24, 2.45) is 0 Å². The fourth-order valence-electron chi connectivity index (χ4n) is 1.01. The van der Waals surface area contributed by atoms with Gasteiger partial charge in [0.2, 0.25) is 0 Å². The first-order valence-electron chi connectivity index (χ1n) is 4.07. The molecule has 0 fully saturated rings. The smallest absolute Gasteiger partial charge is 0.142 e. The second-order valence-electron chi connectivity index (χ2n) is 2.58. The Kier molecular flexibility index (Phi) is 3.89. The molecule has 0 aliphatic heterocycles. The second kappa shape index (κ2) is 5.20. The first-order chi connectivity index (χ1) is 6.77. The molecule has 0 aromatic heterocycles. The van der Waals surface area contributed by atoms with E-state index in [9.17, 15) is 0 Å². The van der Waals surface area contributed by atoms with Crippen LogP contribution in [0.15, 0.2) is 24.3 Å². The van der Waals surface area contributed by atoms with Crippen LogP contribution in [0.5, 0.6) is 5.75 Å². The van der Waals surface area contributed by atoms with Gasteiger partial charge in [-0.1, -0.05) is 24.4 Å². The van der Waals surface area contributed by atoms with Crippen LogP contribution in [0.4, 0.5) is 5.69 Å². The van der Waals surface area contributed by atoms with Crippen LogP contribution in [-0.4, -0.2) is 12.1 Å². The van der Waals surface area contributed by atoms with Crippen molar-refractivity contribution in [3.05, 3.63) is 24.3 Å². The minimum absolute atomic E-state index is 0.216. The average Bonchev–Trinajstić information content (AvgIpc) is 2.19. The lowest BCUT2D eigenvalue weighted by Crippen LogP contribution is -2.08. The summed E-state index contributed by atoms with van der Waals surface area (Å²) in [5, 5.41) is 11.4. The molecule has 1 N–H and O–H groups in total. The van der Waals surface area contributed by atoms with Crippen molar-refractivity contribution in [1.29, 1.82) is 5.26 Å². The fourth-order valence-corrected chi connectivity index (χ4v) is 1.19. The van der Waals surface area contributed by atoms with E-state index in [0.29, 0.717) is 10.7 Å². The molecule has 0 bridgehead atoms. The predicted molar refractivity (Wildman–Crippen MR) is 59.4 cm³/mol. The average molecular weight is 206 g/mol. The number of nitriles is 1. The van der Waals surface area contributed by atoms with Crippen LogP contribution < -0.4 is 10.1 Å². The fraction of sp³-hybridized carbons (Fsp3) is 0.200. The molecule has 0 spiro atoms. The number of hydrogen-bond acceptors (Lipinski definition) is 3. The molecule has 14 heavy (non-hydrogen) atoms. The van der Waals surface area contributed by atoms with Crippen LogP contribution in [0.1, 0.15) is 6.42 Å². The minimum Gasteiger partial charge on any atom is -0.495 e. The maximum absolute atomic E-state index is 8.43. The molecular weight excluding hydrogens is 196 g/mol. The Hall–Kier alpha value is -1.60. The summed E-state index contributed by atoms with van der Waals surface area (Å²) >= 11 is 4.95. The second-order valence-corrected chi connectivity index (χ2v) is 3.08. The number of anilines is 1. The Bertz CT molecular complexity index is 371. The topological polar surface area (TPSA) is 45.0 Å². The largest absolute Gasteiger partial charge is 0.495 e. The molecule has 0 amide bonds. The molecule has 0 atom stereocenters. The van der Waals surface area contributed by atoms with Crippen molar-refractivity contribution in [3.63, 3.8) is 0 Å². The number of thiocarbonyl (C=S) groups is 1. The van der Waals surface area contributed by atoms with Gasteiger partial charge in [-0.15, -0.1) is 0 Å². The van der Waals surface area contributed by atoms with E-state index < -0.39 is 0 Å². The third-order valence-electron chi connectivity index (χ3n) is 1.62. The molecule has 3 nitrogen and oxygen atoms in total. The van der Waals surface area contributed by atoms with Gasteiger partial charge in [-0.25, -0.2) is 0 Å². The third-order valence-corrected chi connectivity index (χ3v) is 1.87. The molecule has 0 saturated heterocycles. The van der Waals surface area contributed by atoms with Crippen molar-refractivity contribution < 1.29 is 4.74 Å². The highest BCUT2D eigenvalue weighted by atomic mass is 32.1. The lowest BCUT2D eigenvalue weighted by molar-refractivity contribution is 0.417. The maximum Gasteiger partial charge on any atom is 0.142 e. The summed E-state index contributed by atoms with van der Waals surface area (Å²) < 4.78 is 5.12. The molecule has 72 valence electrons. The molecule has 1 aromatic rings.